The molecule has 0 N–H and O–H groups in total. The van der Waals surface area contributed by atoms with E-state index in [-0.39, 0.29) is 10.8 Å². The third kappa shape index (κ3) is 4.34. The van der Waals surface area contributed by atoms with Crippen molar-refractivity contribution < 1.29 is 17.9 Å². The van der Waals surface area contributed by atoms with Gasteiger partial charge in [0.15, 0.2) is 0 Å². The van der Waals surface area contributed by atoms with Gasteiger partial charge in [-0.05, 0) is 31.4 Å². The minimum atomic E-state index is -3.65. The number of hydrogen-bond acceptors (Lipinski definition) is 4. The molecule has 1 amide bonds. The third-order valence-corrected chi connectivity index (χ3v) is 6.23. The number of piperidine rings is 1. The van der Waals surface area contributed by atoms with E-state index in [4.69, 9.17) is 4.74 Å². The second-order valence-corrected chi connectivity index (χ2v) is 7.94. The van der Waals surface area contributed by atoms with Crippen LogP contribution in [0, 0.1) is 0 Å². The summed E-state index contributed by atoms with van der Waals surface area (Å²) in [4.78, 5) is 14.6. The largest absolute Gasteiger partial charge is 0.385 e. The van der Waals surface area contributed by atoms with Crippen LogP contribution in [0.4, 0.5) is 0 Å². The molecule has 1 aliphatic heterocycles. The van der Waals surface area contributed by atoms with E-state index < -0.39 is 16.1 Å². The van der Waals surface area contributed by atoms with Gasteiger partial charge >= 0.3 is 0 Å². The molecule has 1 heterocycles. The lowest BCUT2D eigenvalue weighted by atomic mass is 10.0. The molecule has 0 radical (unpaired) electrons. The van der Waals surface area contributed by atoms with E-state index in [2.05, 4.69) is 0 Å². The molecule has 1 aliphatic rings. The van der Waals surface area contributed by atoms with E-state index in [9.17, 15) is 13.2 Å². The molecule has 24 heavy (non-hydrogen) atoms. The van der Waals surface area contributed by atoms with Gasteiger partial charge in [-0.15, -0.1) is 0 Å². The van der Waals surface area contributed by atoms with Gasteiger partial charge in [-0.1, -0.05) is 24.6 Å². The Morgan fingerprint density at radius 3 is 2.67 bits per heavy atom. The number of ether oxygens (including phenoxy) is 1. The summed E-state index contributed by atoms with van der Waals surface area (Å²) < 4.78 is 32.2. The number of amides is 1. The first kappa shape index (κ1) is 18.9. The number of rotatable bonds is 7. The molecular weight excluding hydrogens is 328 g/mol. The van der Waals surface area contributed by atoms with Gasteiger partial charge in [0.1, 0.15) is 6.04 Å². The zero-order chi connectivity index (χ0) is 17.6. The number of likely N-dealkylation sites (N-methyl/N-ethyl adjacent to an activating group) is 1. The molecule has 1 atom stereocenters. The zero-order valence-corrected chi connectivity index (χ0v) is 15.2. The summed E-state index contributed by atoms with van der Waals surface area (Å²) in [5, 5.41) is 0. The van der Waals surface area contributed by atoms with Crippen molar-refractivity contribution in [3.63, 3.8) is 0 Å². The van der Waals surface area contributed by atoms with Crippen LogP contribution in [0.15, 0.2) is 35.2 Å². The Labute approximate surface area is 144 Å². The van der Waals surface area contributed by atoms with Crippen molar-refractivity contribution in [2.24, 2.45) is 0 Å². The molecule has 1 aromatic carbocycles. The van der Waals surface area contributed by atoms with E-state index in [0.717, 1.165) is 19.3 Å². The van der Waals surface area contributed by atoms with Crippen molar-refractivity contribution in [2.75, 3.05) is 33.9 Å². The van der Waals surface area contributed by atoms with E-state index in [1.807, 2.05) is 0 Å². The summed E-state index contributed by atoms with van der Waals surface area (Å²) in [5.74, 6) is -0.134. The molecule has 7 heteroatoms. The van der Waals surface area contributed by atoms with Crippen LogP contribution in [-0.4, -0.2) is 63.4 Å². The smallest absolute Gasteiger partial charge is 0.243 e. The lowest BCUT2D eigenvalue weighted by molar-refractivity contribution is -0.135. The first-order chi connectivity index (χ1) is 11.5. The van der Waals surface area contributed by atoms with E-state index >= 15 is 0 Å². The SMILES string of the molecule is COCCCN(C)C(=O)C1CCCCN1S(=O)(=O)c1ccccc1. The lowest BCUT2D eigenvalue weighted by Gasteiger charge is -2.35. The Balaban J connectivity index is 2.17. The average Bonchev–Trinajstić information content (AvgIpc) is 2.62. The van der Waals surface area contributed by atoms with Crippen LogP contribution in [0.5, 0.6) is 0 Å². The predicted octanol–water partition coefficient (Wildman–Crippen LogP) is 1.72. The van der Waals surface area contributed by atoms with Gasteiger partial charge in [0, 0.05) is 33.9 Å². The Bertz CT molecular complexity index is 633. The molecule has 134 valence electrons. The lowest BCUT2D eigenvalue weighted by Crippen LogP contribution is -2.52. The van der Waals surface area contributed by atoms with Gasteiger partial charge in [0.25, 0.3) is 0 Å². The maximum Gasteiger partial charge on any atom is 0.243 e. The number of methoxy groups -OCH3 is 1. The van der Waals surface area contributed by atoms with Crippen molar-refractivity contribution in [1.29, 1.82) is 0 Å². The Kier molecular flexibility index (Phi) is 6.77. The third-order valence-electron chi connectivity index (χ3n) is 4.31. The van der Waals surface area contributed by atoms with E-state index in [1.165, 1.54) is 4.31 Å². The standard InChI is InChI=1S/C17H26N2O4S/c1-18(12-8-14-23-2)17(20)16-11-6-7-13-19(16)24(21,22)15-9-4-3-5-10-15/h3-5,9-10,16H,6-8,11-14H2,1-2H3. The summed E-state index contributed by atoms with van der Waals surface area (Å²) in [6.07, 6.45) is 2.95. The molecule has 0 saturated carbocycles. The first-order valence-corrected chi connectivity index (χ1v) is 9.73. The minimum absolute atomic E-state index is 0.134. The fourth-order valence-corrected chi connectivity index (χ4v) is 4.65. The minimum Gasteiger partial charge on any atom is -0.385 e. The van der Waals surface area contributed by atoms with Crippen LogP contribution in [0.25, 0.3) is 0 Å². The molecule has 1 fully saturated rings. The predicted molar refractivity (Wildman–Crippen MR) is 92.1 cm³/mol. The summed E-state index contributed by atoms with van der Waals surface area (Å²) >= 11 is 0. The fraction of sp³-hybridized carbons (Fsp3) is 0.588. The van der Waals surface area contributed by atoms with Crippen LogP contribution in [-0.2, 0) is 19.6 Å². The van der Waals surface area contributed by atoms with Crippen molar-refractivity contribution in [1.82, 2.24) is 9.21 Å². The summed E-state index contributed by atoms with van der Waals surface area (Å²) in [6.45, 7) is 1.52. The van der Waals surface area contributed by atoms with Crippen molar-refractivity contribution in [2.45, 2.75) is 36.6 Å². The molecule has 1 unspecified atom stereocenters. The van der Waals surface area contributed by atoms with Crippen LogP contribution in [0.1, 0.15) is 25.7 Å². The highest BCUT2D eigenvalue weighted by molar-refractivity contribution is 7.89. The summed E-state index contributed by atoms with van der Waals surface area (Å²) in [7, 11) is -0.309. The highest BCUT2D eigenvalue weighted by Gasteiger charge is 2.38. The molecular formula is C17H26N2O4S. The van der Waals surface area contributed by atoms with Gasteiger partial charge in [-0.2, -0.15) is 4.31 Å². The van der Waals surface area contributed by atoms with Crippen LogP contribution in [0.2, 0.25) is 0 Å². The normalized spacial score (nSPS) is 19.2. The quantitative estimate of drug-likeness (QED) is 0.700. The van der Waals surface area contributed by atoms with Crippen molar-refractivity contribution >= 4 is 15.9 Å². The number of benzene rings is 1. The molecule has 6 nitrogen and oxygen atoms in total. The van der Waals surface area contributed by atoms with E-state index in [1.54, 1.807) is 49.4 Å². The van der Waals surface area contributed by atoms with Crippen LogP contribution in [0.3, 0.4) is 0 Å². The molecule has 0 spiro atoms. The van der Waals surface area contributed by atoms with Gasteiger partial charge < -0.3 is 9.64 Å². The number of nitrogens with zero attached hydrogens (tertiary/aromatic N) is 2. The highest BCUT2D eigenvalue weighted by atomic mass is 32.2. The molecule has 1 aromatic rings. The maximum atomic E-state index is 12.9. The summed E-state index contributed by atoms with van der Waals surface area (Å²) in [5.41, 5.74) is 0. The van der Waals surface area contributed by atoms with Crippen LogP contribution >= 0.6 is 0 Å². The van der Waals surface area contributed by atoms with Gasteiger partial charge in [0.2, 0.25) is 15.9 Å². The first-order valence-electron chi connectivity index (χ1n) is 8.29. The number of hydrogen-bond donors (Lipinski definition) is 0. The van der Waals surface area contributed by atoms with Crippen molar-refractivity contribution in [3.05, 3.63) is 30.3 Å². The number of carbonyl (C=O) groups excluding carboxylic acids is 1. The van der Waals surface area contributed by atoms with Crippen LogP contribution < -0.4 is 0 Å². The molecule has 2 rings (SSSR count). The summed E-state index contributed by atoms with van der Waals surface area (Å²) in [6, 6.07) is 7.72. The van der Waals surface area contributed by atoms with Gasteiger partial charge in [-0.3, -0.25) is 4.79 Å². The van der Waals surface area contributed by atoms with Crippen molar-refractivity contribution in [3.8, 4) is 0 Å². The molecule has 0 aliphatic carbocycles. The topological polar surface area (TPSA) is 66.9 Å². The Morgan fingerprint density at radius 2 is 2.00 bits per heavy atom. The van der Waals surface area contributed by atoms with Gasteiger partial charge in [-0.25, -0.2) is 8.42 Å². The second-order valence-electron chi connectivity index (χ2n) is 6.05. The second kappa shape index (κ2) is 8.60. The molecule has 0 bridgehead atoms. The van der Waals surface area contributed by atoms with Gasteiger partial charge in [0.05, 0.1) is 4.90 Å². The Hall–Kier alpha value is -1.44. The fourth-order valence-electron chi connectivity index (χ4n) is 2.98. The molecule has 1 saturated heterocycles. The maximum absolute atomic E-state index is 12.9. The number of carbonyl (C=O) groups is 1. The zero-order valence-electron chi connectivity index (χ0n) is 14.3. The molecule has 0 aromatic heterocycles. The van der Waals surface area contributed by atoms with E-state index in [0.29, 0.717) is 26.1 Å². The number of sulfonamides is 1. The average molecular weight is 354 g/mol. The monoisotopic (exact) mass is 354 g/mol. The Morgan fingerprint density at radius 1 is 1.29 bits per heavy atom. The highest BCUT2D eigenvalue weighted by Crippen LogP contribution is 2.26.